The quantitative estimate of drug-likeness (QED) is 0.112. The van der Waals surface area contributed by atoms with Gasteiger partial charge in [0.1, 0.15) is 17.5 Å². The van der Waals surface area contributed by atoms with Gasteiger partial charge in [0.15, 0.2) is 0 Å². The molecule has 1 saturated carbocycles. The van der Waals surface area contributed by atoms with E-state index in [1.807, 2.05) is 6.92 Å². The smallest absolute Gasteiger partial charge is 0.389 e. The van der Waals surface area contributed by atoms with Crippen molar-refractivity contribution in [1.82, 2.24) is 25.5 Å². The Morgan fingerprint density at radius 1 is 1.24 bits per heavy atom. The van der Waals surface area contributed by atoms with Gasteiger partial charge in [0.05, 0.1) is 35.2 Å². The Morgan fingerprint density at radius 3 is 2.62 bits per heavy atom. The van der Waals surface area contributed by atoms with Crippen molar-refractivity contribution in [2.24, 2.45) is 17.9 Å². The Labute approximate surface area is 241 Å². The Kier molecular flexibility index (Phi) is 7.96. The summed E-state index contributed by atoms with van der Waals surface area (Å²) in [5.41, 5.74) is 2.90. The number of carbonyl (C=O) groups excluding carboxylic acids is 1. The second-order valence-electron chi connectivity index (χ2n) is 10.6. The van der Waals surface area contributed by atoms with Crippen LogP contribution in [0.2, 0.25) is 0 Å². The normalized spacial score (nSPS) is 16.4. The maximum absolute atomic E-state index is 14.2. The van der Waals surface area contributed by atoms with Gasteiger partial charge in [-0.1, -0.05) is 0 Å². The topological polar surface area (TPSA) is 146 Å². The molecular formula is C28H34F3N9O2. The number of aliphatic hydroxyl groups is 1. The van der Waals surface area contributed by atoms with Gasteiger partial charge in [0.25, 0.3) is 5.91 Å². The third-order valence-corrected chi connectivity index (χ3v) is 7.75. The van der Waals surface area contributed by atoms with Gasteiger partial charge in [-0.25, -0.2) is 10.8 Å². The van der Waals surface area contributed by atoms with E-state index in [0.29, 0.717) is 53.4 Å². The van der Waals surface area contributed by atoms with E-state index in [1.165, 1.54) is 11.0 Å². The molecule has 3 heterocycles. The summed E-state index contributed by atoms with van der Waals surface area (Å²) in [7, 11) is 3.31. The summed E-state index contributed by atoms with van der Waals surface area (Å²) >= 11 is 0. The van der Waals surface area contributed by atoms with E-state index >= 15 is 0 Å². The van der Waals surface area contributed by atoms with Crippen molar-refractivity contribution in [1.29, 1.82) is 0 Å². The first-order chi connectivity index (χ1) is 20.0. The zero-order chi connectivity index (χ0) is 30.2. The van der Waals surface area contributed by atoms with Gasteiger partial charge in [-0.15, -0.1) is 0 Å². The molecule has 0 unspecified atom stereocenters. The minimum absolute atomic E-state index is 0.0184. The van der Waals surface area contributed by atoms with Crippen LogP contribution in [0.3, 0.4) is 0 Å². The van der Waals surface area contributed by atoms with E-state index in [-0.39, 0.29) is 36.6 Å². The number of hydrogen-bond donors (Lipinski definition) is 5. The van der Waals surface area contributed by atoms with Crippen molar-refractivity contribution < 1.29 is 23.1 Å². The zero-order valence-corrected chi connectivity index (χ0v) is 23.6. The number of alkyl halides is 3. The van der Waals surface area contributed by atoms with Crippen molar-refractivity contribution in [2.45, 2.75) is 51.1 Å². The number of hydrazine groups is 1. The number of carbonyl (C=O) groups is 1. The standard InChI is InChI=1S/C28H34F3N9O2/c1-4-35-22-10-17(24-19(13-36-39(24)3)25(33-2)38-32)11-23(37-22)40-14-20-18(26(40)41)8-16(9-21(20)28(29,30)31)12-34-15-27(42)6-5-7-27/h8-11,13,34,42H,4-7,12,14-15,32H2,1-3H3,(H,33,38)(H,35,37). The highest BCUT2D eigenvalue weighted by Gasteiger charge is 2.41. The van der Waals surface area contributed by atoms with Gasteiger partial charge >= 0.3 is 6.18 Å². The van der Waals surface area contributed by atoms with Crippen molar-refractivity contribution in [3.8, 4) is 11.3 Å². The Balaban J connectivity index is 1.53. The van der Waals surface area contributed by atoms with Crippen molar-refractivity contribution >= 4 is 23.4 Å². The van der Waals surface area contributed by atoms with Crippen LogP contribution in [0.25, 0.3) is 11.3 Å². The van der Waals surface area contributed by atoms with Crippen LogP contribution in [0, 0.1) is 0 Å². The molecule has 5 rings (SSSR count). The molecule has 1 aromatic carbocycles. The van der Waals surface area contributed by atoms with Gasteiger partial charge in [-0.3, -0.25) is 19.4 Å². The third kappa shape index (κ3) is 5.56. The molecule has 6 N–H and O–H groups in total. The highest BCUT2D eigenvalue weighted by molar-refractivity contribution is 6.10. The molecule has 0 bridgehead atoms. The van der Waals surface area contributed by atoms with Gasteiger partial charge < -0.3 is 21.2 Å². The predicted octanol–water partition coefficient (Wildman–Crippen LogP) is 2.94. The van der Waals surface area contributed by atoms with E-state index in [9.17, 15) is 23.1 Å². The average molecular weight is 586 g/mol. The SMILES string of the molecule is CCNc1cc(-c2c(C(=NC)NN)cnn2C)cc(N2Cc3c(cc(CNCC4(O)CCC4)cc3C(F)(F)F)C2=O)n1. The largest absolute Gasteiger partial charge is 0.416 e. The van der Waals surface area contributed by atoms with Crippen LogP contribution in [0.5, 0.6) is 0 Å². The fourth-order valence-corrected chi connectivity index (χ4v) is 5.49. The number of pyridine rings is 1. The summed E-state index contributed by atoms with van der Waals surface area (Å²) in [6, 6.07) is 5.99. The number of nitrogens with one attached hydrogen (secondary N) is 3. The van der Waals surface area contributed by atoms with Gasteiger partial charge in [-0.2, -0.15) is 18.3 Å². The molecule has 0 saturated heterocycles. The first-order valence-corrected chi connectivity index (χ1v) is 13.7. The molecule has 1 aliphatic carbocycles. The van der Waals surface area contributed by atoms with E-state index in [0.717, 1.165) is 12.5 Å². The molecule has 11 nitrogen and oxygen atoms in total. The van der Waals surface area contributed by atoms with Crippen LogP contribution in [-0.2, 0) is 26.3 Å². The molecule has 1 aliphatic heterocycles. The summed E-state index contributed by atoms with van der Waals surface area (Å²) in [5, 5.41) is 20.9. The number of rotatable bonds is 9. The molecule has 0 atom stereocenters. The fraction of sp³-hybridized carbons (Fsp3) is 0.429. The Hall–Kier alpha value is -4.01. The molecule has 14 heteroatoms. The van der Waals surface area contributed by atoms with Crippen molar-refractivity contribution in [2.75, 3.05) is 30.4 Å². The second-order valence-corrected chi connectivity index (χ2v) is 10.6. The van der Waals surface area contributed by atoms with Crippen LogP contribution in [-0.4, -0.2) is 57.4 Å². The number of halogens is 3. The summed E-state index contributed by atoms with van der Waals surface area (Å²) in [4.78, 5) is 23.7. The summed E-state index contributed by atoms with van der Waals surface area (Å²) < 4.78 is 44.4. The highest BCUT2D eigenvalue weighted by atomic mass is 19.4. The zero-order valence-electron chi connectivity index (χ0n) is 23.6. The van der Waals surface area contributed by atoms with E-state index in [1.54, 1.807) is 37.1 Å². The molecule has 2 aromatic heterocycles. The molecule has 2 aliphatic rings. The number of hydrogen-bond acceptors (Lipinski definition) is 8. The summed E-state index contributed by atoms with van der Waals surface area (Å²) in [6.07, 6.45) is -0.842. The van der Waals surface area contributed by atoms with E-state index in [4.69, 9.17) is 5.84 Å². The minimum Gasteiger partial charge on any atom is -0.389 e. The number of aliphatic imine (C=N–C) groups is 1. The second kappa shape index (κ2) is 11.3. The van der Waals surface area contributed by atoms with Crippen LogP contribution in [0.4, 0.5) is 24.8 Å². The number of nitrogens with two attached hydrogens (primary N) is 1. The van der Waals surface area contributed by atoms with Crippen LogP contribution >= 0.6 is 0 Å². The van der Waals surface area contributed by atoms with Gasteiger partial charge in [0.2, 0.25) is 0 Å². The molecule has 1 amide bonds. The average Bonchev–Trinajstić information content (AvgIpc) is 3.47. The first-order valence-electron chi connectivity index (χ1n) is 13.7. The summed E-state index contributed by atoms with van der Waals surface area (Å²) in [5.74, 6) is 6.09. The minimum atomic E-state index is -4.67. The molecule has 42 heavy (non-hydrogen) atoms. The number of anilines is 2. The van der Waals surface area contributed by atoms with E-state index in [2.05, 4.69) is 31.1 Å². The van der Waals surface area contributed by atoms with Crippen LogP contribution in [0.15, 0.2) is 35.5 Å². The van der Waals surface area contributed by atoms with Gasteiger partial charge in [-0.05, 0) is 61.6 Å². The number of amides is 1. The van der Waals surface area contributed by atoms with Crippen LogP contribution in [0.1, 0.15) is 58.8 Å². The Bertz CT molecular complexity index is 1530. The monoisotopic (exact) mass is 585 g/mol. The summed E-state index contributed by atoms with van der Waals surface area (Å²) in [6.45, 7) is 2.48. The number of amidine groups is 1. The molecule has 3 aromatic rings. The Morgan fingerprint density at radius 2 is 2.00 bits per heavy atom. The lowest BCUT2D eigenvalue weighted by molar-refractivity contribution is -0.138. The number of aromatic nitrogens is 3. The fourth-order valence-electron chi connectivity index (χ4n) is 5.49. The molecule has 224 valence electrons. The van der Waals surface area contributed by atoms with Gasteiger partial charge in [0, 0.05) is 44.9 Å². The lowest BCUT2D eigenvalue weighted by atomic mass is 9.80. The maximum Gasteiger partial charge on any atom is 0.416 e. The lowest BCUT2D eigenvalue weighted by Crippen LogP contribution is -2.46. The number of benzene rings is 1. The predicted molar refractivity (Wildman–Crippen MR) is 153 cm³/mol. The van der Waals surface area contributed by atoms with E-state index < -0.39 is 23.2 Å². The molecule has 0 radical (unpaired) electrons. The van der Waals surface area contributed by atoms with Crippen LogP contribution < -0.4 is 26.8 Å². The molecule has 0 spiro atoms. The lowest BCUT2D eigenvalue weighted by Gasteiger charge is -2.36. The maximum atomic E-state index is 14.2. The molecular weight excluding hydrogens is 551 g/mol. The van der Waals surface area contributed by atoms with Crippen molar-refractivity contribution in [3.05, 3.63) is 58.3 Å². The first kappa shape index (κ1) is 29.5. The highest BCUT2D eigenvalue weighted by Crippen LogP contribution is 2.40. The number of fused-ring (bicyclic) bond motifs is 1. The third-order valence-electron chi connectivity index (χ3n) is 7.75. The van der Waals surface area contributed by atoms with Crippen molar-refractivity contribution in [3.63, 3.8) is 0 Å². The molecule has 1 fully saturated rings. The number of aryl methyl sites for hydroxylation is 1. The number of nitrogens with zero attached hydrogens (tertiary/aromatic N) is 5.